The summed E-state index contributed by atoms with van der Waals surface area (Å²) in [7, 11) is 0. The lowest BCUT2D eigenvalue weighted by molar-refractivity contribution is -0.136. The first-order chi connectivity index (χ1) is 10.2. The molecule has 2 atom stereocenters. The molecule has 0 aliphatic carbocycles. The van der Waals surface area contributed by atoms with Gasteiger partial charge in [-0.3, -0.25) is 9.59 Å². The van der Waals surface area contributed by atoms with Gasteiger partial charge in [0.15, 0.2) is 5.78 Å². The van der Waals surface area contributed by atoms with Crippen molar-refractivity contribution in [2.24, 2.45) is 5.92 Å². The highest BCUT2D eigenvalue weighted by Crippen LogP contribution is 2.39. The van der Waals surface area contributed by atoms with E-state index in [1.807, 2.05) is 55.5 Å². The second-order valence-electron chi connectivity index (χ2n) is 5.34. The topological polar surface area (TPSA) is 43.4 Å². The number of hydrogen-bond donors (Lipinski definition) is 0. The molecule has 1 aliphatic heterocycles. The minimum Gasteiger partial charge on any atom is -0.426 e. The monoisotopic (exact) mass is 280 g/mol. The highest BCUT2D eigenvalue weighted by atomic mass is 16.5. The van der Waals surface area contributed by atoms with Crippen molar-refractivity contribution in [2.75, 3.05) is 0 Å². The molecule has 2 unspecified atom stereocenters. The summed E-state index contributed by atoms with van der Waals surface area (Å²) in [6, 6.07) is 16.7. The largest absolute Gasteiger partial charge is 0.426 e. The Bertz CT molecular complexity index is 676. The number of Topliss-reactive ketones (excluding diaryl/α,β-unsaturated/α-hetero) is 1. The summed E-state index contributed by atoms with van der Waals surface area (Å²) in [5.74, 6) is -0.0282. The van der Waals surface area contributed by atoms with Crippen LogP contribution >= 0.6 is 0 Å². The summed E-state index contributed by atoms with van der Waals surface area (Å²) in [4.78, 5) is 24.4. The van der Waals surface area contributed by atoms with E-state index in [0.717, 1.165) is 5.56 Å². The number of esters is 1. The molecule has 0 fully saturated rings. The Labute approximate surface area is 123 Å². The molecule has 0 saturated carbocycles. The Balaban J connectivity index is 1.93. The van der Waals surface area contributed by atoms with E-state index in [2.05, 4.69) is 0 Å². The molecule has 0 saturated heterocycles. The SMILES string of the molecule is CC(C(=O)c1ccccc1)C1CC(=O)Oc2ccccc21. The zero-order valence-electron chi connectivity index (χ0n) is 11.8. The van der Waals surface area contributed by atoms with Crippen LogP contribution in [-0.4, -0.2) is 11.8 Å². The summed E-state index contributed by atoms with van der Waals surface area (Å²) in [5.41, 5.74) is 1.62. The fourth-order valence-electron chi connectivity index (χ4n) is 2.83. The van der Waals surface area contributed by atoms with Crippen molar-refractivity contribution in [3.8, 4) is 5.75 Å². The van der Waals surface area contributed by atoms with Crippen molar-refractivity contribution in [3.05, 3.63) is 65.7 Å². The van der Waals surface area contributed by atoms with Crippen molar-refractivity contribution in [3.63, 3.8) is 0 Å². The first kappa shape index (κ1) is 13.6. The molecule has 3 rings (SSSR count). The highest BCUT2D eigenvalue weighted by molar-refractivity contribution is 5.98. The molecule has 0 bridgehead atoms. The zero-order chi connectivity index (χ0) is 14.8. The van der Waals surface area contributed by atoms with Crippen LogP contribution in [0.25, 0.3) is 0 Å². The molecule has 3 nitrogen and oxygen atoms in total. The van der Waals surface area contributed by atoms with Gasteiger partial charge in [-0.2, -0.15) is 0 Å². The van der Waals surface area contributed by atoms with Crippen LogP contribution in [0.1, 0.15) is 35.2 Å². The normalized spacial score (nSPS) is 18.5. The fraction of sp³-hybridized carbons (Fsp3) is 0.222. The maximum Gasteiger partial charge on any atom is 0.311 e. The van der Waals surface area contributed by atoms with Crippen LogP contribution in [-0.2, 0) is 4.79 Å². The van der Waals surface area contributed by atoms with Crippen molar-refractivity contribution in [1.82, 2.24) is 0 Å². The lowest BCUT2D eigenvalue weighted by Gasteiger charge is -2.28. The Hall–Kier alpha value is -2.42. The van der Waals surface area contributed by atoms with Gasteiger partial charge in [0.25, 0.3) is 0 Å². The van der Waals surface area contributed by atoms with Crippen LogP contribution in [0, 0.1) is 5.92 Å². The van der Waals surface area contributed by atoms with Crippen LogP contribution in [0.4, 0.5) is 0 Å². The molecule has 0 aromatic heterocycles. The number of rotatable bonds is 3. The molecular formula is C18H16O3. The molecule has 1 heterocycles. The molecule has 1 aliphatic rings. The van der Waals surface area contributed by atoms with Crippen molar-refractivity contribution < 1.29 is 14.3 Å². The first-order valence-corrected chi connectivity index (χ1v) is 7.05. The van der Waals surface area contributed by atoms with E-state index in [-0.39, 0.29) is 30.0 Å². The van der Waals surface area contributed by atoms with E-state index in [4.69, 9.17) is 4.74 Å². The van der Waals surface area contributed by atoms with E-state index in [1.165, 1.54) is 0 Å². The number of hydrogen-bond acceptors (Lipinski definition) is 3. The molecule has 21 heavy (non-hydrogen) atoms. The minimum absolute atomic E-state index is 0.0603. The average molecular weight is 280 g/mol. The Morgan fingerprint density at radius 1 is 1.10 bits per heavy atom. The van der Waals surface area contributed by atoms with E-state index < -0.39 is 0 Å². The zero-order valence-corrected chi connectivity index (χ0v) is 11.8. The van der Waals surface area contributed by atoms with Crippen molar-refractivity contribution in [2.45, 2.75) is 19.3 Å². The highest BCUT2D eigenvalue weighted by Gasteiger charge is 2.34. The van der Waals surface area contributed by atoms with Gasteiger partial charge >= 0.3 is 5.97 Å². The maximum atomic E-state index is 12.6. The standard InChI is InChI=1S/C18H16O3/c1-12(18(20)13-7-3-2-4-8-13)15-11-17(19)21-16-10-6-5-9-14(15)16/h2-10,12,15H,11H2,1H3. The maximum absolute atomic E-state index is 12.6. The van der Waals surface area contributed by atoms with Crippen LogP contribution in [0.3, 0.4) is 0 Å². The van der Waals surface area contributed by atoms with E-state index in [1.54, 1.807) is 6.07 Å². The van der Waals surface area contributed by atoms with Gasteiger partial charge in [-0.25, -0.2) is 0 Å². The summed E-state index contributed by atoms with van der Waals surface area (Å²) < 4.78 is 5.25. The molecule has 2 aromatic rings. The first-order valence-electron chi connectivity index (χ1n) is 7.05. The fourth-order valence-corrected chi connectivity index (χ4v) is 2.83. The summed E-state index contributed by atoms with van der Waals surface area (Å²) in [6.07, 6.45) is 0.247. The Kier molecular flexibility index (Phi) is 3.57. The van der Waals surface area contributed by atoms with Crippen molar-refractivity contribution >= 4 is 11.8 Å². The second kappa shape index (κ2) is 5.52. The molecule has 0 radical (unpaired) electrons. The number of ketones is 1. The van der Waals surface area contributed by atoms with Gasteiger partial charge in [0, 0.05) is 17.4 Å². The van der Waals surface area contributed by atoms with Crippen LogP contribution in [0.5, 0.6) is 5.75 Å². The van der Waals surface area contributed by atoms with E-state index in [9.17, 15) is 9.59 Å². The number of ether oxygens (including phenoxy) is 1. The van der Waals surface area contributed by atoms with Crippen LogP contribution < -0.4 is 4.74 Å². The number of benzene rings is 2. The molecular weight excluding hydrogens is 264 g/mol. The molecule has 2 aromatic carbocycles. The Morgan fingerprint density at radius 3 is 2.52 bits per heavy atom. The molecule has 0 N–H and O–H groups in total. The number of para-hydroxylation sites is 1. The molecule has 106 valence electrons. The smallest absolute Gasteiger partial charge is 0.311 e. The van der Waals surface area contributed by atoms with Crippen LogP contribution in [0.15, 0.2) is 54.6 Å². The Morgan fingerprint density at radius 2 is 1.76 bits per heavy atom. The second-order valence-corrected chi connectivity index (χ2v) is 5.34. The van der Waals surface area contributed by atoms with Gasteiger partial charge in [0.1, 0.15) is 5.75 Å². The minimum atomic E-state index is -0.272. The number of carbonyl (C=O) groups is 2. The lowest BCUT2D eigenvalue weighted by Crippen LogP contribution is -2.28. The van der Waals surface area contributed by atoms with Gasteiger partial charge in [-0.1, -0.05) is 55.5 Å². The quantitative estimate of drug-likeness (QED) is 0.490. The third-order valence-electron chi connectivity index (χ3n) is 4.00. The van der Waals surface area contributed by atoms with Crippen molar-refractivity contribution in [1.29, 1.82) is 0 Å². The third kappa shape index (κ3) is 2.59. The van der Waals surface area contributed by atoms with Gasteiger partial charge in [0.05, 0.1) is 6.42 Å². The summed E-state index contributed by atoms with van der Waals surface area (Å²) in [6.45, 7) is 1.88. The van der Waals surface area contributed by atoms with Crippen LogP contribution in [0.2, 0.25) is 0 Å². The average Bonchev–Trinajstić information content (AvgIpc) is 2.53. The predicted molar refractivity (Wildman–Crippen MR) is 79.4 cm³/mol. The predicted octanol–water partition coefficient (Wildman–Crippen LogP) is 3.60. The lowest BCUT2D eigenvalue weighted by atomic mass is 9.79. The molecule has 3 heteroatoms. The third-order valence-corrected chi connectivity index (χ3v) is 4.00. The van der Waals surface area contributed by atoms with Gasteiger partial charge in [-0.15, -0.1) is 0 Å². The number of carbonyl (C=O) groups excluding carboxylic acids is 2. The molecule has 0 spiro atoms. The summed E-state index contributed by atoms with van der Waals surface area (Å²) in [5, 5.41) is 0. The van der Waals surface area contributed by atoms with E-state index >= 15 is 0 Å². The number of fused-ring (bicyclic) bond motifs is 1. The van der Waals surface area contributed by atoms with Gasteiger partial charge < -0.3 is 4.74 Å². The molecule has 0 amide bonds. The summed E-state index contributed by atoms with van der Waals surface area (Å²) >= 11 is 0. The van der Waals surface area contributed by atoms with Gasteiger partial charge in [-0.05, 0) is 11.6 Å². The van der Waals surface area contributed by atoms with E-state index in [0.29, 0.717) is 11.3 Å². The van der Waals surface area contributed by atoms with Gasteiger partial charge in [0.2, 0.25) is 0 Å².